The lowest BCUT2D eigenvalue weighted by molar-refractivity contribution is -0.117. The summed E-state index contributed by atoms with van der Waals surface area (Å²) in [5.41, 5.74) is 0.877. The topological polar surface area (TPSA) is 91.9 Å². The third kappa shape index (κ3) is 2.90. The van der Waals surface area contributed by atoms with Crippen LogP contribution in [-0.2, 0) is 14.6 Å². The summed E-state index contributed by atoms with van der Waals surface area (Å²) in [5, 5.41) is 9.21. The van der Waals surface area contributed by atoms with E-state index in [9.17, 15) is 13.2 Å². The van der Waals surface area contributed by atoms with Crippen LogP contribution in [0.3, 0.4) is 0 Å². The first-order valence-electron chi connectivity index (χ1n) is 5.62. The van der Waals surface area contributed by atoms with E-state index in [2.05, 4.69) is 15.5 Å². The molecule has 102 valence electrons. The van der Waals surface area contributed by atoms with E-state index in [0.717, 1.165) is 11.9 Å². The summed E-state index contributed by atoms with van der Waals surface area (Å²) in [5.74, 6) is -0.00157. The Balaban J connectivity index is 2.88. The maximum Gasteiger partial charge on any atom is 0.246 e. The van der Waals surface area contributed by atoms with Crippen molar-refractivity contribution in [3.8, 4) is 0 Å². The summed E-state index contributed by atoms with van der Waals surface area (Å²) in [6, 6.07) is 1.70. The number of rotatable bonds is 4. The molecule has 0 aliphatic heterocycles. The number of amides is 1. The smallest absolute Gasteiger partial charge is 0.246 e. The van der Waals surface area contributed by atoms with Crippen LogP contribution in [0.1, 0.15) is 39.3 Å². The number of nitrogens with one attached hydrogen (secondary N) is 2. The van der Waals surface area contributed by atoms with Crippen molar-refractivity contribution in [2.45, 2.75) is 38.4 Å². The van der Waals surface area contributed by atoms with Crippen LogP contribution in [0.4, 0.5) is 5.82 Å². The van der Waals surface area contributed by atoms with Gasteiger partial charge in [0, 0.05) is 18.0 Å². The zero-order valence-corrected chi connectivity index (χ0v) is 12.1. The monoisotopic (exact) mass is 273 g/mol. The molecule has 0 saturated carbocycles. The molecule has 18 heavy (non-hydrogen) atoms. The first-order valence-corrected chi connectivity index (χ1v) is 7.51. The third-order valence-corrected chi connectivity index (χ3v) is 4.97. The molecule has 0 saturated heterocycles. The average Bonchev–Trinajstić information content (AvgIpc) is 2.64. The molecule has 0 atom stereocenters. The Morgan fingerprint density at radius 1 is 1.44 bits per heavy atom. The Kier molecular flexibility index (Phi) is 3.85. The summed E-state index contributed by atoms with van der Waals surface area (Å²) < 4.78 is 21.5. The molecule has 1 aromatic rings. The lowest BCUT2D eigenvalue weighted by Crippen LogP contribution is -2.43. The van der Waals surface area contributed by atoms with Crippen LogP contribution >= 0.6 is 0 Å². The number of hydrogen-bond acceptors (Lipinski definition) is 4. The van der Waals surface area contributed by atoms with E-state index in [1.807, 2.05) is 13.8 Å². The Morgan fingerprint density at radius 2 is 2.00 bits per heavy atom. The minimum atomic E-state index is -3.48. The number of sulfone groups is 1. The first-order chi connectivity index (χ1) is 8.05. The van der Waals surface area contributed by atoms with E-state index < -0.39 is 20.5 Å². The van der Waals surface area contributed by atoms with E-state index in [0.29, 0.717) is 5.82 Å². The van der Waals surface area contributed by atoms with Gasteiger partial charge in [0.25, 0.3) is 0 Å². The Bertz CT molecular complexity index is 544. The van der Waals surface area contributed by atoms with Crippen molar-refractivity contribution >= 4 is 21.6 Å². The van der Waals surface area contributed by atoms with Gasteiger partial charge in [0.05, 0.1) is 0 Å². The van der Waals surface area contributed by atoms with Crippen molar-refractivity contribution in [3.05, 3.63) is 11.8 Å². The lowest BCUT2D eigenvalue weighted by atomic mass is 10.1. The normalized spacial score (nSPS) is 12.8. The van der Waals surface area contributed by atoms with Crippen LogP contribution in [0.25, 0.3) is 0 Å². The van der Waals surface area contributed by atoms with Crippen molar-refractivity contribution in [1.29, 1.82) is 0 Å². The summed E-state index contributed by atoms with van der Waals surface area (Å²) in [6.07, 6.45) is 1.04. The van der Waals surface area contributed by atoms with Gasteiger partial charge in [-0.1, -0.05) is 13.8 Å². The van der Waals surface area contributed by atoms with Crippen LogP contribution < -0.4 is 5.32 Å². The number of aromatic nitrogens is 2. The highest BCUT2D eigenvalue weighted by Gasteiger charge is 2.38. The SMILES string of the molecule is CC(C)c1cc(NC(=O)C(C)(C)S(C)(=O)=O)n[nH]1. The molecule has 0 unspecified atom stereocenters. The molecule has 1 aromatic heterocycles. The average molecular weight is 273 g/mol. The fourth-order valence-corrected chi connectivity index (χ4v) is 1.52. The second kappa shape index (κ2) is 4.72. The fraction of sp³-hybridized carbons (Fsp3) is 0.636. The highest BCUT2D eigenvalue weighted by atomic mass is 32.2. The van der Waals surface area contributed by atoms with E-state index in [4.69, 9.17) is 0 Å². The minimum Gasteiger partial charge on any atom is -0.308 e. The zero-order valence-electron chi connectivity index (χ0n) is 11.2. The van der Waals surface area contributed by atoms with Gasteiger partial charge < -0.3 is 5.32 Å². The number of aromatic amines is 1. The van der Waals surface area contributed by atoms with Gasteiger partial charge in [0.1, 0.15) is 4.75 Å². The summed E-state index contributed by atoms with van der Waals surface area (Å²) >= 11 is 0. The molecule has 0 bridgehead atoms. The van der Waals surface area contributed by atoms with Crippen LogP contribution in [-0.4, -0.2) is 35.5 Å². The van der Waals surface area contributed by atoms with Crippen molar-refractivity contribution < 1.29 is 13.2 Å². The van der Waals surface area contributed by atoms with Crippen LogP contribution in [0.2, 0.25) is 0 Å². The summed E-state index contributed by atoms with van der Waals surface area (Å²) in [7, 11) is -3.48. The molecule has 0 fully saturated rings. The van der Waals surface area contributed by atoms with Gasteiger partial charge in [-0.2, -0.15) is 5.10 Å². The molecule has 1 amide bonds. The standard InChI is InChI=1S/C11H19N3O3S/c1-7(2)8-6-9(14-13-8)12-10(15)11(3,4)18(5,16)17/h6-7H,1-5H3,(H2,12,13,14,15). The van der Waals surface area contributed by atoms with Crippen LogP contribution in [0.5, 0.6) is 0 Å². The van der Waals surface area contributed by atoms with E-state index in [1.54, 1.807) is 6.07 Å². The van der Waals surface area contributed by atoms with E-state index >= 15 is 0 Å². The molecule has 6 nitrogen and oxygen atoms in total. The maximum atomic E-state index is 11.9. The number of carbonyl (C=O) groups is 1. The van der Waals surface area contributed by atoms with Crippen LogP contribution in [0.15, 0.2) is 6.07 Å². The molecule has 7 heteroatoms. The van der Waals surface area contributed by atoms with E-state index in [1.165, 1.54) is 13.8 Å². The number of anilines is 1. The molecule has 0 aromatic carbocycles. The minimum absolute atomic E-state index is 0.256. The Hall–Kier alpha value is -1.37. The van der Waals surface area contributed by atoms with Crippen molar-refractivity contribution in [2.75, 3.05) is 11.6 Å². The molecule has 0 aliphatic carbocycles. The number of nitrogens with zero attached hydrogens (tertiary/aromatic N) is 1. The fourth-order valence-electron chi connectivity index (χ4n) is 1.13. The lowest BCUT2D eigenvalue weighted by Gasteiger charge is -2.20. The first kappa shape index (κ1) is 14.7. The molecule has 2 N–H and O–H groups in total. The predicted octanol–water partition coefficient (Wildman–Crippen LogP) is 1.29. The predicted molar refractivity (Wildman–Crippen MR) is 70.2 cm³/mol. The molecular formula is C11H19N3O3S. The highest BCUT2D eigenvalue weighted by Crippen LogP contribution is 2.19. The van der Waals surface area contributed by atoms with E-state index in [-0.39, 0.29) is 5.92 Å². The highest BCUT2D eigenvalue weighted by molar-refractivity contribution is 7.92. The Labute approximate surface area is 107 Å². The second-order valence-electron chi connectivity index (χ2n) is 5.10. The Morgan fingerprint density at radius 3 is 2.39 bits per heavy atom. The summed E-state index contributed by atoms with van der Waals surface area (Å²) in [4.78, 5) is 11.9. The van der Waals surface area contributed by atoms with Crippen molar-refractivity contribution in [1.82, 2.24) is 10.2 Å². The van der Waals surface area contributed by atoms with Gasteiger partial charge >= 0.3 is 0 Å². The van der Waals surface area contributed by atoms with Crippen molar-refractivity contribution in [3.63, 3.8) is 0 Å². The van der Waals surface area contributed by atoms with Gasteiger partial charge in [-0.15, -0.1) is 0 Å². The van der Waals surface area contributed by atoms with Gasteiger partial charge in [-0.3, -0.25) is 9.89 Å². The third-order valence-electron chi connectivity index (χ3n) is 2.94. The molecule has 0 spiro atoms. The summed E-state index contributed by atoms with van der Waals surface area (Å²) in [6.45, 7) is 6.71. The molecule has 0 aliphatic rings. The van der Waals surface area contributed by atoms with Crippen LogP contribution in [0, 0.1) is 0 Å². The quantitative estimate of drug-likeness (QED) is 0.864. The molecular weight excluding hydrogens is 254 g/mol. The second-order valence-corrected chi connectivity index (χ2v) is 7.66. The maximum absolute atomic E-state index is 11.9. The van der Waals surface area contributed by atoms with Crippen molar-refractivity contribution in [2.24, 2.45) is 0 Å². The van der Waals surface area contributed by atoms with Gasteiger partial charge in [0.2, 0.25) is 5.91 Å². The van der Waals surface area contributed by atoms with Gasteiger partial charge in [-0.25, -0.2) is 8.42 Å². The van der Waals surface area contributed by atoms with Gasteiger partial charge in [-0.05, 0) is 19.8 Å². The zero-order chi connectivity index (χ0) is 14.1. The number of hydrogen-bond donors (Lipinski definition) is 2. The largest absolute Gasteiger partial charge is 0.308 e. The molecule has 0 radical (unpaired) electrons. The van der Waals surface area contributed by atoms with Gasteiger partial charge in [0.15, 0.2) is 15.7 Å². The molecule has 1 rings (SSSR count). The number of carbonyl (C=O) groups excluding carboxylic acids is 1. The molecule has 1 heterocycles. The number of H-pyrrole nitrogens is 1.